The Hall–Kier alpha value is -0.810. The average molecular weight is 271 g/mol. The SMILES string of the molecule is CCN(CC(C)C(N)=NO)C1CC(C)(C)OC1(C)C. The van der Waals surface area contributed by atoms with E-state index in [1.807, 2.05) is 6.92 Å². The minimum atomic E-state index is -0.176. The minimum Gasteiger partial charge on any atom is -0.409 e. The highest BCUT2D eigenvalue weighted by Crippen LogP contribution is 2.40. The van der Waals surface area contributed by atoms with Crippen molar-refractivity contribution in [2.45, 2.75) is 65.2 Å². The van der Waals surface area contributed by atoms with E-state index in [0.717, 1.165) is 19.5 Å². The highest BCUT2D eigenvalue weighted by Gasteiger charge is 2.48. The van der Waals surface area contributed by atoms with Crippen LogP contribution in [0.2, 0.25) is 0 Å². The number of oxime groups is 1. The van der Waals surface area contributed by atoms with E-state index in [-0.39, 0.29) is 23.0 Å². The van der Waals surface area contributed by atoms with Gasteiger partial charge >= 0.3 is 0 Å². The van der Waals surface area contributed by atoms with Crippen molar-refractivity contribution in [1.29, 1.82) is 0 Å². The van der Waals surface area contributed by atoms with Crippen LogP contribution in [0.4, 0.5) is 0 Å². The fourth-order valence-electron chi connectivity index (χ4n) is 3.12. The van der Waals surface area contributed by atoms with Crippen LogP contribution in [0.15, 0.2) is 5.16 Å². The maximum absolute atomic E-state index is 8.76. The molecule has 1 aliphatic heterocycles. The van der Waals surface area contributed by atoms with Crippen molar-refractivity contribution in [2.75, 3.05) is 13.1 Å². The highest BCUT2D eigenvalue weighted by atomic mass is 16.5. The predicted molar refractivity (Wildman–Crippen MR) is 77.5 cm³/mol. The Morgan fingerprint density at radius 2 is 2.05 bits per heavy atom. The topological polar surface area (TPSA) is 71.1 Å². The van der Waals surface area contributed by atoms with E-state index in [2.05, 4.69) is 44.7 Å². The van der Waals surface area contributed by atoms with Gasteiger partial charge in [-0.1, -0.05) is 19.0 Å². The zero-order valence-corrected chi connectivity index (χ0v) is 13.1. The Morgan fingerprint density at radius 1 is 1.47 bits per heavy atom. The third-order valence-corrected chi connectivity index (χ3v) is 4.00. The molecule has 0 amide bonds. The third kappa shape index (κ3) is 3.83. The molecule has 0 bridgehead atoms. The molecule has 0 aromatic heterocycles. The second-order valence-corrected chi connectivity index (χ2v) is 6.70. The number of amidine groups is 1. The summed E-state index contributed by atoms with van der Waals surface area (Å²) in [6.45, 7) is 14.4. The fourth-order valence-corrected chi connectivity index (χ4v) is 3.12. The van der Waals surface area contributed by atoms with Crippen LogP contribution in [-0.2, 0) is 4.74 Å². The van der Waals surface area contributed by atoms with Gasteiger partial charge in [-0.2, -0.15) is 0 Å². The third-order valence-electron chi connectivity index (χ3n) is 4.00. The summed E-state index contributed by atoms with van der Waals surface area (Å²) in [5.41, 5.74) is 5.41. The molecule has 2 atom stereocenters. The molecule has 0 aromatic carbocycles. The largest absolute Gasteiger partial charge is 0.409 e. The van der Waals surface area contributed by atoms with Gasteiger partial charge < -0.3 is 15.7 Å². The summed E-state index contributed by atoms with van der Waals surface area (Å²) >= 11 is 0. The van der Waals surface area contributed by atoms with Crippen LogP contribution < -0.4 is 5.73 Å². The first-order chi connectivity index (χ1) is 8.63. The molecular weight excluding hydrogens is 242 g/mol. The maximum atomic E-state index is 8.76. The molecule has 0 aliphatic carbocycles. The highest BCUT2D eigenvalue weighted by molar-refractivity contribution is 5.82. The first-order valence-electron chi connectivity index (χ1n) is 7.04. The average Bonchev–Trinajstić information content (AvgIpc) is 2.52. The van der Waals surface area contributed by atoms with Crippen LogP contribution in [0.25, 0.3) is 0 Å². The van der Waals surface area contributed by atoms with Gasteiger partial charge in [0.2, 0.25) is 0 Å². The summed E-state index contributed by atoms with van der Waals surface area (Å²) in [5, 5.41) is 11.9. The van der Waals surface area contributed by atoms with Gasteiger partial charge in [-0.15, -0.1) is 0 Å². The number of ether oxygens (including phenoxy) is 1. The quantitative estimate of drug-likeness (QED) is 0.347. The molecule has 5 heteroatoms. The molecule has 1 rings (SSSR count). The molecule has 19 heavy (non-hydrogen) atoms. The summed E-state index contributed by atoms with van der Waals surface area (Å²) in [6, 6.07) is 0.349. The number of hydrogen-bond donors (Lipinski definition) is 2. The molecule has 112 valence electrons. The van der Waals surface area contributed by atoms with E-state index in [9.17, 15) is 0 Å². The Bertz CT molecular complexity index is 340. The molecule has 2 unspecified atom stereocenters. The van der Waals surface area contributed by atoms with Crippen LogP contribution in [0.5, 0.6) is 0 Å². The van der Waals surface area contributed by atoms with Crippen LogP contribution in [0.3, 0.4) is 0 Å². The molecular formula is C14H29N3O2. The molecule has 1 saturated heterocycles. The Morgan fingerprint density at radius 3 is 2.42 bits per heavy atom. The molecule has 0 saturated carbocycles. The van der Waals surface area contributed by atoms with E-state index in [1.165, 1.54) is 0 Å². The number of nitrogens with two attached hydrogens (primary N) is 1. The smallest absolute Gasteiger partial charge is 0.143 e. The van der Waals surface area contributed by atoms with Crippen LogP contribution in [-0.4, -0.2) is 46.3 Å². The van der Waals surface area contributed by atoms with Crippen LogP contribution >= 0.6 is 0 Å². The number of hydrogen-bond acceptors (Lipinski definition) is 4. The molecule has 1 heterocycles. The lowest BCUT2D eigenvalue weighted by Crippen LogP contribution is -2.49. The van der Waals surface area contributed by atoms with Gasteiger partial charge in [0.25, 0.3) is 0 Å². The van der Waals surface area contributed by atoms with E-state index < -0.39 is 0 Å². The van der Waals surface area contributed by atoms with Gasteiger partial charge in [0.05, 0.1) is 11.2 Å². The Balaban J connectivity index is 2.81. The monoisotopic (exact) mass is 271 g/mol. The lowest BCUT2D eigenvalue weighted by atomic mass is 9.92. The normalized spacial score (nSPS) is 27.7. The summed E-state index contributed by atoms with van der Waals surface area (Å²) in [4.78, 5) is 2.37. The fraction of sp³-hybridized carbons (Fsp3) is 0.929. The van der Waals surface area contributed by atoms with E-state index in [4.69, 9.17) is 15.7 Å². The summed E-state index contributed by atoms with van der Waals surface area (Å²) in [6.07, 6.45) is 0.997. The van der Waals surface area contributed by atoms with Crippen molar-refractivity contribution in [3.63, 3.8) is 0 Å². The lowest BCUT2D eigenvalue weighted by Gasteiger charge is -2.36. The lowest BCUT2D eigenvalue weighted by molar-refractivity contribution is -0.0806. The predicted octanol–water partition coefficient (Wildman–Crippen LogP) is 2.04. The summed E-state index contributed by atoms with van der Waals surface area (Å²) in [7, 11) is 0. The van der Waals surface area contributed by atoms with Crippen LogP contribution in [0.1, 0.15) is 48.0 Å². The van der Waals surface area contributed by atoms with Crippen molar-refractivity contribution in [3.8, 4) is 0 Å². The summed E-state index contributed by atoms with van der Waals surface area (Å²) < 4.78 is 6.15. The van der Waals surface area contributed by atoms with Gasteiger partial charge in [0.1, 0.15) is 5.84 Å². The van der Waals surface area contributed by atoms with Crippen molar-refractivity contribution in [1.82, 2.24) is 4.90 Å². The Kier molecular flexibility index (Phi) is 4.85. The van der Waals surface area contributed by atoms with E-state index in [1.54, 1.807) is 0 Å². The molecule has 3 N–H and O–H groups in total. The standard InChI is InChI=1S/C14H29N3O2/c1-7-17(9-10(2)12(15)16-18)11-8-13(3,4)19-14(11,5)6/h10-11,18H,7-9H2,1-6H3,(H2,15,16). The first kappa shape index (κ1) is 16.2. The number of rotatable bonds is 5. The first-order valence-corrected chi connectivity index (χ1v) is 7.04. The van der Waals surface area contributed by atoms with Crippen molar-refractivity contribution in [3.05, 3.63) is 0 Å². The van der Waals surface area contributed by atoms with Crippen LogP contribution in [0, 0.1) is 5.92 Å². The zero-order valence-electron chi connectivity index (χ0n) is 13.1. The van der Waals surface area contributed by atoms with Gasteiger partial charge in [0.15, 0.2) is 0 Å². The molecule has 0 aromatic rings. The molecule has 0 radical (unpaired) electrons. The van der Waals surface area contributed by atoms with E-state index >= 15 is 0 Å². The zero-order chi connectivity index (χ0) is 14.8. The number of nitrogens with zero attached hydrogens (tertiary/aromatic N) is 2. The van der Waals surface area contributed by atoms with Crippen molar-refractivity contribution >= 4 is 5.84 Å². The van der Waals surface area contributed by atoms with Gasteiger partial charge in [-0.25, -0.2) is 0 Å². The van der Waals surface area contributed by atoms with Gasteiger partial charge in [-0.05, 0) is 40.7 Å². The summed E-state index contributed by atoms with van der Waals surface area (Å²) in [5.74, 6) is 0.318. The second kappa shape index (κ2) is 5.67. The second-order valence-electron chi connectivity index (χ2n) is 6.70. The van der Waals surface area contributed by atoms with Gasteiger partial charge in [-0.3, -0.25) is 4.90 Å². The van der Waals surface area contributed by atoms with Crippen molar-refractivity contribution in [2.24, 2.45) is 16.8 Å². The Labute approximate surface area is 116 Å². The van der Waals surface area contributed by atoms with Crippen molar-refractivity contribution < 1.29 is 9.94 Å². The minimum absolute atomic E-state index is 0.0319. The molecule has 1 aliphatic rings. The van der Waals surface area contributed by atoms with E-state index in [0.29, 0.717) is 6.04 Å². The molecule has 0 spiro atoms. The van der Waals surface area contributed by atoms with Gasteiger partial charge in [0, 0.05) is 18.5 Å². The molecule has 5 nitrogen and oxygen atoms in total. The number of likely N-dealkylation sites (N-methyl/N-ethyl adjacent to an activating group) is 1. The maximum Gasteiger partial charge on any atom is 0.143 e. The molecule has 1 fully saturated rings.